The molecule has 0 atom stereocenters. The lowest BCUT2D eigenvalue weighted by Crippen LogP contribution is -2.26. The lowest BCUT2D eigenvalue weighted by atomic mass is 10.2. The van der Waals surface area contributed by atoms with Crippen molar-refractivity contribution >= 4 is 15.9 Å². The Kier molecular flexibility index (Phi) is 1.73. The Balaban J connectivity index is 2.53. The molecule has 5 heteroatoms. The topological polar surface area (TPSA) is 18.5 Å². The highest BCUT2D eigenvalue weighted by molar-refractivity contribution is 9.10. The van der Waals surface area contributed by atoms with E-state index in [4.69, 9.17) is 0 Å². The maximum Gasteiger partial charge on any atom is 0.586 e. The van der Waals surface area contributed by atoms with Crippen LogP contribution >= 0.6 is 15.9 Å². The molecule has 1 aromatic carbocycles. The van der Waals surface area contributed by atoms with Gasteiger partial charge in [-0.25, -0.2) is 0 Å². The van der Waals surface area contributed by atoms with Crippen molar-refractivity contribution in [2.75, 3.05) is 0 Å². The second-order valence-electron chi connectivity index (χ2n) is 2.67. The fraction of sp³-hybridized carbons (Fsp3) is 0.250. The van der Waals surface area contributed by atoms with Gasteiger partial charge in [-0.2, -0.15) is 0 Å². The zero-order chi connectivity index (χ0) is 9.64. The number of fused-ring (bicyclic) bond motifs is 1. The lowest BCUT2D eigenvalue weighted by Gasteiger charge is -2.05. The first-order valence-corrected chi connectivity index (χ1v) is 4.34. The van der Waals surface area contributed by atoms with Crippen LogP contribution in [0, 0.1) is 6.92 Å². The van der Waals surface area contributed by atoms with Gasteiger partial charge in [-0.05, 0) is 19.1 Å². The van der Waals surface area contributed by atoms with Gasteiger partial charge in [0.15, 0.2) is 11.5 Å². The van der Waals surface area contributed by atoms with Crippen molar-refractivity contribution in [1.82, 2.24) is 0 Å². The van der Waals surface area contributed by atoms with Crippen LogP contribution in [0.3, 0.4) is 0 Å². The van der Waals surface area contributed by atoms with E-state index in [1.54, 1.807) is 13.0 Å². The number of alkyl halides is 2. The van der Waals surface area contributed by atoms with E-state index in [0.29, 0.717) is 10.0 Å². The summed E-state index contributed by atoms with van der Waals surface area (Å²) in [7, 11) is 0. The van der Waals surface area contributed by atoms with Crippen molar-refractivity contribution in [2.24, 2.45) is 0 Å². The van der Waals surface area contributed by atoms with Crippen molar-refractivity contribution in [3.05, 3.63) is 22.2 Å². The molecule has 0 saturated heterocycles. The quantitative estimate of drug-likeness (QED) is 0.705. The third kappa shape index (κ3) is 1.37. The Labute approximate surface area is 81.6 Å². The maximum absolute atomic E-state index is 12.6. The zero-order valence-electron chi connectivity index (χ0n) is 6.61. The van der Waals surface area contributed by atoms with Crippen LogP contribution in [-0.4, -0.2) is 6.29 Å². The summed E-state index contributed by atoms with van der Waals surface area (Å²) < 4.78 is 34.5. The molecule has 0 N–H and O–H groups in total. The Morgan fingerprint density at radius 1 is 1.31 bits per heavy atom. The van der Waals surface area contributed by atoms with E-state index >= 15 is 0 Å². The Hall–Kier alpha value is -0.840. The number of rotatable bonds is 0. The van der Waals surface area contributed by atoms with E-state index in [9.17, 15) is 8.78 Å². The summed E-state index contributed by atoms with van der Waals surface area (Å²) in [6, 6.07) is 3.08. The minimum absolute atomic E-state index is 0.0747. The highest BCUT2D eigenvalue weighted by Crippen LogP contribution is 2.45. The second-order valence-corrected chi connectivity index (χ2v) is 3.52. The number of hydrogen-bond donors (Lipinski definition) is 0. The molecule has 0 fully saturated rings. The van der Waals surface area contributed by atoms with Gasteiger partial charge in [-0.1, -0.05) is 15.9 Å². The molecule has 0 unspecified atom stereocenters. The zero-order valence-corrected chi connectivity index (χ0v) is 8.19. The first kappa shape index (κ1) is 8.74. The summed E-state index contributed by atoms with van der Waals surface area (Å²) in [5.41, 5.74) is 0.606. The Morgan fingerprint density at radius 2 is 2.00 bits per heavy atom. The minimum atomic E-state index is -3.53. The summed E-state index contributed by atoms with van der Waals surface area (Å²) in [5, 5.41) is 0. The molecule has 1 aliphatic heterocycles. The first-order valence-electron chi connectivity index (χ1n) is 3.54. The predicted octanol–water partition coefficient (Wildman–Crippen LogP) is 3.08. The van der Waals surface area contributed by atoms with Gasteiger partial charge >= 0.3 is 6.29 Å². The highest BCUT2D eigenvalue weighted by atomic mass is 79.9. The van der Waals surface area contributed by atoms with E-state index in [1.165, 1.54) is 6.07 Å². The number of benzene rings is 1. The average molecular weight is 251 g/mol. The molecular formula is C8H5BrF2O2. The summed E-state index contributed by atoms with van der Waals surface area (Å²) in [5.74, 6) is 0.171. The Bertz CT molecular complexity index is 365. The van der Waals surface area contributed by atoms with Crippen LogP contribution < -0.4 is 9.47 Å². The van der Waals surface area contributed by atoms with Crippen molar-refractivity contribution in [1.29, 1.82) is 0 Å². The van der Waals surface area contributed by atoms with E-state index < -0.39 is 6.29 Å². The van der Waals surface area contributed by atoms with Crippen molar-refractivity contribution in [3.8, 4) is 11.5 Å². The Morgan fingerprint density at radius 3 is 2.69 bits per heavy atom. The normalized spacial score (nSPS) is 17.5. The van der Waals surface area contributed by atoms with Gasteiger partial charge in [-0.15, -0.1) is 8.78 Å². The molecule has 13 heavy (non-hydrogen) atoms. The molecule has 0 aliphatic carbocycles. The lowest BCUT2D eigenvalue weighted by molar-refractivity contribution is -0.286. The van der Waals surface area contributed by atoms with Crippen molar-refractivity contribution < 1.29 is 18.3 Å². The molecule has 1 aliphatic rings. The molecule has 0 amide bonds. The molecule has 0 radical (unpaired) electrons. The van der Waals surface area contributed by atoms with Gasteiger partial charge in [0.25, 0.3) is 0 Å². The second kappa shape index (κ2) is 2.57. The molecule has 0 saturated carbocycles. The van der Waals surface area contributed by atoms with E-state index in [0.717, 1.165) is 0 Å². The largest absolute Gasteiger partial charge is 0.586 e. The standard InChI is InChI=1S/C8H5BrF2O2/c1-4-5(9)2-3-6-7(4)13-8(10,11)12-6/h2-3H,1H3. The third-order valence-corrected chi connectivity index (χ3v) is 2.61. The number of ether oxygens (including phenoxy) is 2. The van der Waals surface area contributed by atoms with Crippen molar-refractivity contribution in [2.45, 2.75) is 13.2 Å². The van der Waals surface area contributed by atoms with Crippen LogP contribution in [0.5, 0.6) is 11.5 Å². The van der Waals surface area contributed by atoms with Gasteiger partial charge < -0.3 is 9.47 Å². The summed E-state index contributed by atoms with van der Waals surface area (Å²) in [6.07, 6.45) is -3.53. The summed E-state index contributed by atoms with van der Waals surface area (Å²) in [4.78, 5) is 0. The van der Waals surface area contributed by atoms with Gasteiger partial charge in [0.05, 0.1) is 0 Å². The summed E-state index contributed by atoms with van der Waals surface area (Å²) >= 11 is 3.21. The van der Waals surface area contributed by atoms with Gasteiger partial charge in [-0.3, -0.25) is 0 Å². The molecule has 0 aromatic heterocycles. The van der Waals surface area contributed by atoms with Gasteiger partial charge in [0, 0.05) is 10.0 Å². The SMILES string of the molecule is Cc1c(Br)ccc2c1OC(F)(F)O2. The van der Waals surface area contributed by atoms with Crippen LogP contribution in [0.25, 0.3) is 0 Å². The van der Waals surface area contributed by atoms with Crippen LogP contribution in [0.4, 0.5) is 8.78 Å². The van der Waals surface area contributed by atoms with E-state index in [1.807, 2.05) is 0 Å². The molecule has 0 spiro atoms. The minimum Gasteiger partial charge on any atom is -0.395 e. The number of hydrogen-bond acceptors (Lipinski definition) is 2. The smallest absolute Gasteiger partial charge is 0.395 e. The number of halogens is 3. The van der Waals surface area contributed by atoms with E-state index in [-0.39, 0.29) is 11.5 Å². The maximum atomic E-state index is 12.6. The highest BCUT2D eigenvalue weighted by Gasteiger charge is 2.44. The van der Waals surface area contributed by atoms with Gasteiger partial charge in [0.2, 0.25) is 0 Å². The third-order valence-electron chi connectivity index (χ3n) is 1.75. The fourth-order valence-corrected chi connectivity index (χ4v) is 1.43. The molecule has 2 rings (SSSR count). The fourth-order valence-electron chi connectivity index (χ4n) is 1.12. The molecule has 70 valence electrons. The molecule has 0 bridgehead atoms. The van der Waals surface area contributed by atoms with E-state index in [2.05, 4.69) is 25.4 Å². The van der Waals surface area contributed by atoms with Crippen LogP contribution in [0.1, 0.15) is 5.56 Å². The summed E-state index contributed by atoms with van der Waals surface area (Å²) in [6.45, 7) is 1.67. The first-order chi connectivity index (χ1) is 5.99. The van der Waals surface area contributed by atoms with Crippen LogP contribution in [0.2, 0.25) is 0 Å². The van der Waals surface area contributed by atoms with Gasteiger partial charge in [0.1, 0.15) is 0 Å². The average Bonchev–Trinajstić information content (AvgIpc) is 2.34. The van der Waals surface area contributed by atoms with Crippen LogP contribution in [-0.2, 0) is 0 Å². The molecule has 2 nitrogen and oxygen atoms in total. The predicted molar refractivity (Wildman–Crippen MR) is 45.1 cm³/mol. The molecule has 1 aromatic rings. The molecular weight excluding hydrogens is 246 g/mol. The van der Waals surface area contributed by atoms with Crippen LogP contribution in [0.15, 0.2) is 16.6 Å². The van der Waals surface area contributed by atoms with Crippen molar-refractivity contribution in [3.63, 3.8) is 0 Å². The monoisotopic (exact) mass is 250 g/mol. The molecule has 1 heterocycles.